The molecule has 0 radical (unpaired) electrons. The van der Waals surface area contributed by atoms with Crippen LogP contribution in [0.1, 0.15) is 57.4 Å². The van der Waals surface area contributed by atoms with Crippen molar-refractivity contribution in [3.63, 3.8) is 0 Å². The summed E-state index contributed by atoms with van der Waals surface area (Å²) in [7, 11) is 0. The summed E-state index contributed by atoms with van der Waals surface area (Å²) in [5.74, 6) is 0.620. The van der Waals surface area contributed by atoms with E-state index in [9.17, 15) is 0 Å². The van der Waals surface area contributed by atoms with Gasteiger partial charge in [-0.05, 0) is 59.9 Å². The van der Waals surface area contributed by atoms with Gasteiger partial charge in [-0.2, -0.15) is 0 Å². The molecule has 0 heterocycles. The van der Waals surface area contributed by atoms with E-state index in [2.05, 4.69) is 65.9 Å². The van der Waals surface area contributed by atoms with E-state index in [-0.39, 0.29) is 0 Å². The Kier molecular flexibility index (Phi) is 3.99. The predicted octanol–water partition coefficient (Wildman–Crippen LogP) is 5.29. The summed E-state index contributed by atoms with van der Waals surface area (Å²) in [6.45, 7) is 16.9. The molecule has 1 saturated carbocycles. The highest BCUT2D eigenvalue weighted by molar-refractivity contribution is 6.31. The normalized spacial score (nSPS) is 21.8. The van der Waals surface area contributed by atoms with Crippen molar-refractivity contribution < 1.29 is 0 Å². The lowest BCUT2D eigenvalue weighted by atomic mass is 9.93. The van der Waals surface area contributed by atoms with Crippen LogP contribution in [0.15, 0.2) is 12.1 Å². The Labute approximate surface area is 129 Å². The Hall–Kier alpha value is -0.530. The van der Waals surface area contributed by atoms with E-state index in [0.29, 0.717) is 22.8 Å². The van der Waals surface area contributed by atoms with Gasteiger partial charge in [0.1, 0.15) is 0 Å². The van der Waals surface area contributed by atoms with Crippen molar-refractivity contribution in [1.82, 2.24) is 5.32 Å². The monoisotopic (exact) mass is 293 g/mol. The molecular weight excluding hydrogens is 266 g/mol. The Morgan fingerprint density at radius 1 is 1.10 bits per heavy atom. The van der Waals surface area contributed by atoms with E-state index in [4.69, 9.17) is 11.6 Å². The van der Waals surface area contributed by atoms with Crippen molar-refractivity contribution in [2.24, 2.45) is 16.7 Å². The second kappa shape index (κ2) is 5.03. The first kappa shape index (κ1) is 15.9. The van der Waals surface area contributed by atoms with E-state index in [1.807, 2.05) is 0 Å². The quantitative estimate of drug-likeness (QED) is 0.795. The first-order valence-electron chi connectivity index (χ1n) is 7.64. The molecule has 1 atom stereocenters. The Morgan fingerprint density at radius 3 is 2.05 bits per heavy atom. The fourth-order valence-electron chi connectivity index (χ4n) is 3.75. The minimum Gasteiger partial charge on any atom is -0.310 e. The molecule has 1 unspecified atom stereocenters. The van der Waals surface area contributed by atoms with Gasteiger partial charge in [0, 0.05) is 11.1 Å². The van der Waals surface area contributed by atoms with E-state index in [1.54, 1.807) is 0 Å². The minimum atomic E-state index is 0.344. The first-order chi connectivity index (χ1) is 9.14. The predicted molar refractivity (Wildman–Crippen MR) is 88.4 cm³/mol. The van der Waals surface area contributed by atoms with Gasteiger partial charge in [0.05, 0.1) is 0 Å². The number of aryl methyl sites for hydroxylation is 2. The molecule has 1 aromatic carbocycles. The SMILES string of the molecule is CCNC(c1cc(C)c(C)cc1Cl)C1C(C)(C)C1(C)C. The van der Waals surface area contributed by atoms with E-state index in [0.717, 1.165) is 11.6 Å². The zero-order chi connectivity index (χ0) is 15.3. The molecule has 0 amide bonds. The van der Waals surface area contributed by atoms with Crippen LogP contribution in [0.5, 0.6) is 0 Å². The lowest BCUT2D eigenvalue weighted by molar-refractivity contribution is 0.418. The zero-order valence-corrected chi connectivity index (χ0v) is 14.7. The molecule has 1 N–H and O–H groups in total. The van der Waals surface area contributed by atoms with Gasteiger partial charge in [0.15, 0.2) is 0 Å². The van der Waals surface area contributed by atoms with E-state index >= 15 is 0 Å². The van der Waals surface area contributed by atoms with Gasteiger partial charge in [-0.25, -0.2) is 0 Å². The second-order valence-corrected chi connectivity index (χ2v) is 7.82. The Morgan fingerprint density at radius 2 is 1.60 bits per heavy atom. The van der Waals surface area contributed by atoms with Crippen molar-refractivity contribution in [1.29, 1.82) is 0 Å². The molecule has 1 aromatic rings. The number of benzene rings is 1. The highest BCUT2D eigenvalue weighted by Gasteiger charge is 2.67. The Balaban J connectivity index is 2.44. The topological polar surface area (TPSA) is 12.0 Å². The number of hydrogen-bond donors (Lipinski definition) is 1. The highest BCUT2D eigenvalue weighted by atomic mass is 35.5. The molecule has 1 fully saturated rings. The van der Waals surface area contributed by atoms with Crippen molar-refractivity contribution in [3.05, 3.63) is 33.8 Å². The Bertz CT molecular complexity index is 502. The minimum absolute atomic E-state index is 0.344. The van der Waals surface area contributed by atoms with Crippen LogP contribution >= 0.6 is 11.6 Å². The lowest BCUT2D eigenvalue weighted by Gasteiger charge is -2.23. The average Bonchev–Trinajstić information content (AvgIpc) is 2.72. The van der Waals surface area contributed by atoms with Gasteiger partial charge in [-0.1, -0.05) is 52.3 Å². The maximum Gasteiger partial charge on any atom is 0.0456 e. The molecule has 0 aliphatic heterocycles. The highest BCUT2D eigenvalue weighted by Crippen LogP contribution is 2.72. The van der Waals surface area contributed by atoms with Gasteiger partial charge in [-0.15, -0.1) is 0 Å². The third-order valence-electron chi connectivity index (χ3n) is 5.84. The molecule has 1 aliphatic carbocycles. The molecular formula is C18H28ClN. The second-order valence-electron chi connectivity index (χ2n) is 7.41. The van der Waals surface area contributed by atoms with Crippen LogP contribution in [-0.4, -0.2) is 6.54 Å². The summed E-state index contributed by atoms with van der Waals surface area (Å²) in [4.78, 5) is 0. The molecule has 0 aromatic heterocycles. The summed E-state index contributed by atoms with van der Waals surface area (Å²) in [5, 5.41) is 4.58. The fraction of sp³-hybridized carbons (Fsp3) is 0.667. The van der Waals surface area contributed by atoms with Gasteiger partial charge >= 0.3 is 0 Å². The van der Waals surface area contributed by atoms with Crippen molar-refractivity contribution >= 4 is 11.6 Å². The molecule has 0 spiro atoms. The van der Waals surface area contributed by atoms with E-state index < -0.39 is 0 Å². The number of rotatable bonds is 4. The molecule has 0 bridgehead atoms. The first-order valence-corrected chi connectivity index (χ1v) is 8.02. The summed E-state index contributed by atoms with van der Waals surface area (Å²) in [5.41, 5.74) is 4.55. The standard InChI is InChI=1S/C18H28ClN/c1-8-20-15(16-17(4,5)18(16,6)7)13-9-11(2)12(3)10-14(13)19/h9-10,15-16,20H,8H2,1-7H3. The van der Waals surface area contributed by atoms with Gasteiger partial charge < -0.3 is 5.32 Å². The number of nitrogens with one attached hydrogen (secondary N) is 1. The molecule has 20 heavy (non-hydrogen) atoms. The zero-order valence-electron chi connectivity index (χ0n) is 13.9. The summed E-state index contributed by atoms with van der Waals surface area (Å²) >= 11 is 6.55. The number of hydrogen-bond acceptors (Lipinski definition) is 1. The summed E-state index contributed by atoms with van der Waals surface area (Å²) in [6, 6.07) is 4.73. The summed E-state index contributed by atoms with van der Waals surface area (Å²) in [6.07, 6.45) is 0. The van der Waals surface area contributed by atoms with Crippen LogP contribution in [0.2, 0.25) is 5.02 Å². The third kappa shape index (κ3) is 2.29. The largest absolute Gasteiger partial charge is 0.310 e. The maximum absolute atomic E-state index is 6.55. The van der Waals surface area contributed by atoms with Crippen LogP contribution in [0.25, 0.3) is 0 Å². The van der Waals surface area contributed by atoms with Crippen molar-refractivity contribution in [3.8, 4) is 0 Å². The van der Waals surface area contributed by atoms with Crippen LogP contribution in [0, 0.1) is 30.6 Å². The average molecular weight is 294 g/mol. The van der Waals surface area contributed by atoms with Gasteiger partial charge in [0.2, 0.25) is 0 Å². The van der Waals surface area contributed by atoms with Crippen LogP contribution in [0.3, 0.4) is 0 Å². The molecule has 2 rings (SSSR count). The number of halogens is 1. The molecule has 0 saturated heterocycles. The molecule has 2 heteroatoms. The lowest BCUT2D eigenvalue weighted by Crippen LogP contribution is -2.25. The van der Waals surface area contributed by atoms with Gasteiger partial charge in [0.25, 0.3) is 0 Å². The van der Waals surface area contributed by atoms with Crippen LogP contribution < -0.4 is 5.32 Å². The van der Waals surface area contributed by atoms with Crippen molar-refractivity contribution in [2.45, 2.75) is 54.5 Å². The van der Waals surface area contributed by atoms with Crippen LogP contribution in [-0.2, 0) is 0 Å². The van der Waals surface area contributed by atoms with Crippen LogP contribution in [0.4, 0.5) is 0 Å². The third-order valence-corrected chi connectivity index (χ3v) is 6.17. The molecule has 1 nitrogen and oxygen atoms in total. The summed E-state index contributed by atoms with van der Waals surface area (Å²) < 4.78 is 0. The molecule has 1 aliphatic rings. The smallest absolute Gasteiger partial charge is 0.0456 e. The fourth-order valence-corrected chi connectivity index (χ4v) is 4.09. The molecule has 112 valence electrons. The maximum atomic E-state index is 6.55. The van der Waals surface area contributed by atoms with E-state index in [1.165, 1.54) is 16.7 Å². The van der Waals surface area contributed by atoms with Gasteiger partial charge in [-0.3, -0.25) is 0 Å². The van der Waals surface area contributed by atoms with Crippen molar-refractivity contribution in [2.75, 3.05) is 6.54 Å².